The first-order valence-corrected chi connectivity index (χ1v) is 6.65. The summed E-state index contributed by atoms with van der Waals surface area (Å²) in [6.45, 7) is 3.88. The molecule has 2 heterocycles. The Kier molecular flexibility index (Phi) is 3.43. The van der Waals surface area contributed by atoms with Gasteiger partial charge in [-0.25, -0.2) is 4.79 Å². The zero-order chi connectivity index (χ0) is 16.6. The van der Waals surface area contributed by atoms with Crippen LogP contribution in [-0.2, 0) is 4.74 Å². The maximum absolute atomic E-state index is 11.9. The van der Waals surface area contributed by atoms with E-state index < -0.39 is 5.97 Å². The number of nitriles is 1. The minimum Gasteiger partial charge on any atom is -0.497 e. The van der Waals surface area contributed by atoms with E-state index in [-0.39, 0.29) is 16.8 Å². The number of rotatable bonds is 3. The number of aromatic nitrogens is 3. The molecule has 0 amide bonds. The summed E-state index contributed by atoms with van der Waals surface area (Å²) in [6.07, 6.45) is 0. The van der Waals surface area contributed by atoms with Crippen molar-refractivity contribution in [2.75, 3.05) is 14.2 Å². The highest BCUT2D eigenvalue weighted by Gasteiger charge is 2.24. The van der Waals surface area contributed by atoms with Crippen LogP contribution >= 0.6 is 0 Å². The van der Waals surface area contributed by atoms with Crippen LogP contribution in [-0.4, -0.2) is 34.8 Å². The number of methoxy groups -OCH3 is 2. The molecule has 0 saturated heterocycles. The Morgan fingerprint density at radius 1 is 1.26 bits per heavy atom. The summed E-state index contributed by atoms with van der Waals surface area (Å²) in [6, 6.07) is 9.17. The number of carbonyl (C=O) groups excluding carboxylic acids is 1. The predicted octanol–water partition coefficient (Wildman–Crippen LogP) is 1.19. The van der Waals surface area contributed by atoms with Crippen LogP contribution in [0.3, 0.4) is 0 Å². The van der Waals surface area contributed by atoms with Gasteiger partial charge in [0.1, 0.15) is 22.9 Å². The number of fused-ring (bicyclic) bond motifs is 1. The monoisotopic (exact) mass is 308 g/mol. The quantitative estimate of drug-likeness (QED) is 0.675. The van der Waals surface area contributed by atoms with Crippen LogP contribution in [0.25, 0.3) is 23.6 Å². The van der Waals surface area contributed by atoms with Gasteiger partial charge in [-0.2, -0.15) is 5.26 Å². The molecule has 0 radical (unpaired) electrons. The van der Waals surface area contributed by atoms with E-state index >= 15 is 0 Å². The lowest BCUT2D eigenvalue weighted by molar-refractivity contribution is 0.0599. The van der Waals surface area contributed by atoms with E-state index in [4.69, 9.17) is 9.47 Å². The van der Waals surface area contributed by atoms with Crippen LogP contribution in [0.5, 0.6) is 5.75 Å². The fraction of sp³-hybridized carbons (Fsp3) is 0.125. The fourth-order valence-electron chi connectivity index (χ4n) is 2.42. The van der Waals surface area contributed by atoms with Gasteiger partial charge in [-0.05, 0) is 24.3 Å². The summed E-state index contributed by atoms with van der Waals surface area (Å²) in [4.78, 5) is 11.9. The Bertz CT molecular complexity index is 983. The first kappa shape index (κ1) is 14.5. The molecular weight excluding hydrogens is 296 g/mol. The second kappa shape index (κ2) is 5.42. The normalized spacial score (nSPS) is 10.5. The standard InChI is InChI=1S/C16H12N4O3/c1-9-13(16(21)23-3)12(8-17)15-19-18-14(20(9)15)10-4-6-11(22-2)7-5-10/h4-7H,1H2,2-3H3. The number of carbonyl (C=O) groups is 1. The van der Waals surface area contributed by atoms with Gasteiger partial charge >= 0.3 is 5.97 Å². The topological polar surface area (TPSA) is 89.5 Å². The number of nitrogens with zero attached hydrogens (tertiary/aromatic N) is 4. The van der Waals surface area contributed by atoms with Crippen molar-refractivity contribution in [3.05, 3.63) is 40.7 Å². The van der Waals surface area contributed by atoms with Crippen molar-refractivity contribution in [1.82, 2.24) is 14.6 Å². The van der Waals surface area contributed by atoms with Crippen molar-refractivity contribution in [2.45, 2.75) is 0 Å². The minimum atomic E-state index is -0.627. The summed E-state index contributed by atoms with van der Waals surface area (Å²) in [7, 11) is 2.83. The van der Waals surface area contributed by atoms with Crippen LogP contribution < -0.4 is 10.1 Å². The van der Waals surface area contributed by atoms with E-state index in [9.17, 15) is 10.1 Å². The SMILES string of the molecule is C=c1c(C(=O)OC)c(C#N)c2nnc(-c3ccc(OC)cc3)n12. The molecule has 7 heteroatoms. The molecule has 0 aliphatic carbocycles. The molecule has 23 heavy (non-hydrogen) atoms. The van der Waals surface area contributed by atoms with Crippen LogP contribution in [0.15, 0.2) is 24.3 Å². The molecule has 3 aromatic rings. The second-order valence-corrected chi connectivity index (χ2v) is 4.71. The Hall–Kier alpha value is -3.40. The third kappa shape index (κ3) is 2.08. The molecule has 1 aromatic carbocycles. The summed E-state index contributed by atoms with van der Waals surface area (Å²) >= 11 is 0. The van der Waals surface area contributed by atoms with E-state index in [1.54, 1.807) is 23.6 Å². The van der Waals surface area contributed by atoms with Gasteiger partial charge in [0, 0.05) is 5.56 Å². The number of benzene rings is 1. The van der Waals surface area contributed by atoms with Gasteiger partial charge in [-0.15, -0.1) is 10.2 Å². The zero-order valence-corrected chi connectivity index (χ0v) is 12.5. The smallest absolute Gasteiger partial charge is 0.341 e. The van der Waals surface area contributed by atoms with Crippen molar-refractivity contribution >= 4 is 18.2 Å². The molecule has 0 fully saturated rings. The van der Waals surface area contributed by atoms with Gasteiger partial charge in [-0.3, -0.25) is 4.40 Å². The number of hydrogen-bond donors (Lipinski definition) is 0. The third-order valence-electron chi connectivity index (χ3n) is 3.54. The van der Waals surface area contributed by atoms with E-state index in [1.165, 1.54) is 7.11 Å². The summed E-state index contributed by atoms with van der Waals surface area (Å²) in [5.41, 5.74) is 1.25. The van der Waals surface area contributed by atoms with Crippen molar-refractivity contribution < 1.29 is 14.3 Å². The number of hydrogen-bond acceptors (Lipinski definition) is 6. The number of esters is 1. The molecule has 0 spiro atoms. The van der Waals surface area contributed by atoms with Crippen LogP contribution in [0, 0.1) is 11.3 Å². The van der Waals surface area contributed by atoms with E-state index in [1.807, 2.05) is 18.2 Å². The lowest BCUT2D eigenvalue weighted by atomic mass is 10.2. The third-order valence-corrected chi connectivity index (χ3v) is 3.54. The van der Waals surface area contributed by atoms with Crippen LogP contribution in [0.2, 0.25) is 0 Å². The van der Waals surface area contributed by atoms with Gasteiger partial charge < -0.3 is 9.47 Å². The maximum atomic E-state index is 11.9. The van der Waals surface area contributed by atoms with E-state index in [0.29, 0.717) is 16.9 Å². The molecule has 0 aliphatic heterocycles. The largest absolute Gasteiger partial charge is 0.497 e. The highest BCUT2D eigenvalue weighted by atomic mass is 16.5. The molecule has 0 unspecified atom stereocenters. The minimum absolute atomic E-state index is 0.106. The Balaban J connectivity index is 2.28. The Labute approximate surface area is 131 Å². The Morgan fingerprint density at radius 2 is 1.96 bits per heavy atom. The predicted molar refractivity (Wildman–Crippen MR) is 81.8 cm³/mol. The lowest BCUT2D eigenvalue weighted by Gasteiger charge is -2.01. The van der Waals surface area contributed by atoms with Gasteiger partial charge in [0.15, 0.2) is 11.5 Å². The molecule has 2 aromatic heterocycles. The molecule has 114 valence electrons. The molecule has 3 rings (SSSR count). The van der Waals surface area contributed by atoms with Crippen molar-refractivity contribution in [3.63, 3.8) is 0 Å². The van der Waals surface area contributed by atoms with Crippen LogP contribution in [0.4, 0.5) is 0 Å². The highest BCUT2D eigenvalue weighted by Crippen LogP contribution is 2.23. The summed E-state index contributed by atoms with van der Waals surface area (Å²) < 4.78 is 11.4. The molecule has 0 bridgehead atoms. The fourth-order valence-corrected chi connectivity index (χ4v) is 2.42. The van der Waals surface area contributed by atoms with Crippen molar-refractivity contribution in [3.8, 4) is 23.2 Å². The van der Waals surface area contributed by atoms with Crippen molar-refractivity contribution in [2.24, 2.45) is 0 Å². The van der Waals surface area contributed by atoms with Gasteiger partial charge in [0.2, 0.25) is 0 Å². The molecular formula is C16H12N4O3. The first-order valence-electron chi connectivity index (χ1n) is 6.65. The number of ether oxygens (including phenoxy) is 2. The summed E-state index contributed by atoms with van der Waals surface area (Å²) in [5.74, 6) is 0.567. The first-order chi connectivity index (χ1) is 11.1. The molecule has 0 aliphatic rings. The molecule has 0 N–H and O–H groups in total. The molecule has 0 atom stereocenters. The Morgan fingerprint density at radius 3 is 2.52 bits per heavy atom. The zero-order valence-electron chi connectivity index (χ0n) is 12.5. The van der Waals surface area contributed by atoms with E-state index in [0.717, 1.165) is 5.56 Å². The molecule has 7 nitrogen and oxygen atoms in total. The molecule has 0 saturated carbocycles. The second-order valence-electron chi connectivity index (χ2n) is 4.71. The lowest BCUT2D eigenvalue weighted by Crippen LogP contribution is -2.18. The average Bonchev–Trinajstić information content (AvgIpc) is 3.13. The maximum Gasteiger partial charge on any atom is 0.341 e. The van der Waals surface area contributed by atoms with Crippen LogP contribution in [0.1, 0.15) is 15.9 Å². The van der Waals surface area contributed by atoms with Gasteiger partial charge in [0.25, 0.3) is 0 Å². The van der Waals surface area contributed by atoms with Gasteiger partial charge in [0.05, 0.1) is 19.6 Å². The summed E-state index contributed by atoms with van der Waals surface area (Å²) in [5, 5.41) is 17.8. The highest BCUT2D eigenvalue weighted by molar-refractivity contribution is 5.95. The van der Waals surface area contributed by atoms with Gasteiger partial charge in [-0.1, -0.05) is 6.58 Å². The van der Waals surface area contributed by atoms with E-state index in [2.05, 4.69) is 16.8 Å². The van der Waals surface area contributed by atoms with Crippen molar-refractivity contribution in [1.29, 1.82) is 5.26 Å². The average molecular weight is 308 g/mol.